The second kappa shape index (κ2) is 7.53. The standard InChI is InChI=1S/C22H20ClN3O3/c1-22(2)21(27)20(16-9-13(10-24)3-8-18(16)29-22)25-11-19-26-17(12-28-19)14-4-6-15(23)7-5-14/h3-9,12,20-21,25,27H,11H2,1-2H3/t20-,21+/m0/s1. The fourth-order valence-corrected chi connectivity index (χ4v) is 3.56. The van der Waals surface area contributed by atoms with E-state index in [9.17, 15) is 10.4 Å². The van der Waals surface area contributed by atoms with Crippen LogP contribution in [0.1, 0.15) is 36.9 Å². The molecule has 0 amide bonds. The molecule has 148 valence electrons. The van der Waals surface area contributed by atoms with Crippen molar-refractivity contribution in [2.24, 2.45) is 0 Å². The van der Waals surface area contributed by atoms with Gasteiger partial charge in [-0.2, -0.15) is 5.26 Å². The van der Waals surface area contributed by atoms with Gasteiger partial charge >= 0.3 is 0 Å². The summed E-state index contributed by atoms with van der Waals surface area (Å²) in [7, 11) is 0. The third-order valence-electron chi connectivity index (χ3n) is 5.04. The molecule has 3 aromatic rings. The van der Waals surface area contributed by atoms with Crippen LogP contribution in [0.25, 0.3) is 11.3 Å². The molecule has 4 rings (SSSR count). The van der Waals surface area contributed by atoms with Gasteiger partial charge in [-0.1, -0.05) is 23.7 Å². The van der Waals surface area contributed by atoms with Gasteiger partial charge in [0.2, 0.25) is 5.89 Å². The minimum atomic E-state index is -0.824. The Morgan fingerprint density at radius 1 is 1.24 bits per heavy atom. The first-order chi connectivity index (χ1) is 13.9. The number of oxazole rings is 1. The second-order valence-corrected chi connectivity index (χ2v) is 7.94. The molecule has 1 aliphatic rings. The summed E-state index contributed by atoms with van der Waals surface area (Å²) >= 11 is 5.93. The zero-order valence-electron chi connectivity index (χ0n) is 16.0. The summed E-state index contributed by atoms with van der Waals surface area (Å²) in [5.74, 6) is 1.13. The Balaban J connectivity index is 1.56. The van der Waals surface area contributed by atoms with Gasteiger partial charge in [-0.3, -0.25) is 5.32 Å². The fourth-order valence-electron chi connectivity index (χ4n) is 3.43. The first kappa shape index (κ1) is 19.5. The van der Waals surface area contributed by atoms with Crippen LogP contribution in [0, 0.1) is 11.3 Å². The van der Waals surface area contributed by atoms with E-state index in [1.54, 1.807) is 36.6 Å². The van der Waals surface area contributed by atoms with E-state index in [1.807, 2.05) is 26.0 Å². The minimum Gasteiger partial charge on any atom is -0.485 e. The molecule has 0 spiro atoms. The molecular weight excluding hydrogens is 390 g/mol. The summed E-state index contributed by atoms with van der Waals surface area (Å²) in [5.41, 5.74) is 2.07. The van der Waals surface area contributed by atoms with Crippen molar-refractivity contribution in [3.05, 3.63) is 70.8 Å². The smallest absolute Gasteiger partial charge is 0.208 e. The van der Waals surface area contributed by atoms with Crippen LogP contribution in [-0.2, 0) is 6.54 Å². The number of fused-ring (bicyclic) bond motifs is 1. The van der Waals surface area contributed by atoms with E-state index in [0.29, 0.717) is 34.5 Å². The largest absolute Gasteiger partial charge is 0.485 e. The highest BCUT2D eigenvalue weighted by atomic mass is 35.5. The summed E-state index contributed by atoms with van der Waals surface area (Å²) in [6, 6.07) is 14.2. The molecule has 0 saturated heterocycles. The summed E-state index contributed by atoms with van der Waals surface area (Å²) in [6.45, 7) is 3.97. The monoisotopic (exact) mass is 409 g/mol. The van der Waals surface area contributed by atoms with E-state index in [-0.39, 0.29) is 0 Å². The lowest BCUT2D eigenvalue weighted by molar-refractivity contribution is -0.0652. The molecule has 7 heteroatoms. The van der Waals surface area contributed by atoms with Crippen LogP contribution in [-0.4, -0.2) is 21.8 Å². The van der Waals surface area contributed by atoms with Crippen LogP contribution in [0.3, 0.4) is 0 Å². The second-order valence-electron chi connectivity index (χ2n) is 7.51. The van der Waals surface area contributed by atoms with Crippen molar-refractivity contribution >= 4 is 11.6 Å². The van der Waals surface area contributed by atoms with Crippen LogP contribution < -0.4 is 10.1 Å². The SMILES string of the molecule is CC1(C)Oc2ccc(C#N)cc2[C@H](NCc2nc(-c3ccc(Cl)cc3)co2)[C@H]1O. The van der Waals surface area contributed by atoms with Gasteiger partial charge in [0.05, 0.1) is 24.2 Å². The number of benzene rings is 2. The molecule has 0 bridgehead atoms. The quantitative estimate of drug-likeness (QED) is 0.670. The molecule has 0 radical (unpaired) electrons. The van der Waals surface area contributed by atoms with Gasteiger partial charge in [0.15, 0.2) is 0 Å². The topological polar surface area (TPSA) is 91.3 Å². The third-order valence-corrected chi connectivity index (χ3v) is 5.29. The van der Waals surface area contributed by atoms with Crippen LogP contribution in [0.5, 0.6) is 5.75 Å². The van der Waals surface area contributed by atoms with Crippen molar-refractivity contribution in [3.63, 3.8) is 0 Å². The van der Waals surface area contributed by atoms with Crippen molar-refractivity contribution < 1.29 is 14.3 Å². The molecule has 2 aromatic carbocycles. The highest BCUT2D eigenvalue weighted by Crippen LogP contribution is 2.40. The van der Waals surface area contributed by atoms with Crippen LogP contribution in [0.15, 0.2) is 53.1 Å². The maximum atomic E-state index is 10.9. The van der Waals surface area contributed by atoms with Gasteiger partial charge < -0.3 is 14.3 Å². The van der Waals surface area contributed by atoms with Gasteiger partial charge in [-0.05, 0) is 44.2 Å². The van der Waals surface area contributed by atoms with Crippen molar-refractivity contribution in [2.75, 3.05) is 0 Å². The summed E-state index contributed by atoms with van der Waals surface area (Å²) in [4.78, 5) is 4.51. The van der Waals surface area contributed by atoms with Crippen molar-refractivity contribution in [1.82, 2.24) is 10.3 Å². The molecule has 6 nitrogen and oxygen atoms in total. The number of nitriles is 1. The number of aliphatic hydroxyl groups is 1. The molecule has 2 heterocycles. The Morgan fingerprint density at radius 3 is 2.72 bits per heavy atom. The number of hydrogen-bond acceptors (Lipinski definition) is 6. The number of aromatic nitrogens is 1. The molecule has 2 N–H and O–H groups in total. The van der Waals surface area contributed by atoms with E-state index in [1.165, 1.54) is 0 Å². The van der Waals surface area contributed by atoms with Gasteiger partial charge in [-0.25, -0.2) is 4.98 Å². The van der Waals surface area contributed by atoms with Crippen LogP contribution in [0.2, 0.25) is 5.02 Å². The Bertz CT molecular complexity index is 1070. The molecule has 0 unspecified atom stereocenters. The van der Waals surface area contributed by atoms with Gasteiger partial charge in [0, 0.05) is 16.1 Å². The zero-order chi connectivity index (χ0) is 20.6. The van der Waals surface area contributed by atoms with Crippen LogP contribution in [0.4, 0.5) is 0 Å². The van der Waals surface area contributed by atoms with Gasteiger partial charge in [-0.15, -0.1) is 0 Å². The number of rotatable bonds is 4. The molecule has 1 aromatic heterocycles. The van der Waals surface area contributed by atoms with Gasteiger partial charge in [0.25, 0.3) is 0 Å². The van der Waals surface area contributed by atoms with Gasteiger partial charge in [0.1, 0.15) is 29.4 Å². The number of hydrogen-bond donors (Lipinski definition) is 2. The maximum absolute atomic E-state index is 10.9. The molecule has 0 fully saturated rings. The molecular formula is C22H20ClN3O3. The maximum Gasteiger partial charge on any atom is 0.208 e. The number of nitrogens with zero attached hydrogens (tertiary/aromatic N) is 2. The Labute approximate surface area is 173 Å². The predicted molar refractivity (Wildman–Crippen MR) is 108 cm³/mol. The van der Waals surface area contributed by atoms with Crippen molar-refractivity contribution in [1.29, 1.82) is 5.26 Å². The van der Waals surface area contributed by atoms with E-state index < -0.39 is 17.7 Å². The van der Waals surface area contributed by atoms with Crippen molar-refractivity contribution in [3.8, 4) is 23.1 Å². The zero-order valence-corrected chi connectivity index (χ0v) is 16.8. The molecule has 0 saturated carbocycles. The number of ether oxygens (including phenoxy) is 1. The summed E-state index contributed by atoms with van der Waals surface area (Å²) in [6.07, 6.45) is 0.765. The van der Waals surface area contributed by atoms with Crippen LogP contribution >= 0.6 is 11.6 Å². The highest BCUT2D eigenvalue weighted by Gasteiger charge is 2.42. The Morgan fingerprint density at radius 2 is 2.00 bits per heavy atom. The van der Waals surface area contributed by atoms with E-state index in [2.05, 4.69) is 16.4 Å². The number of nitrogens with one attached hydrogen (secondary N) is 1. The number of aliphatic hydroxyl groups excluding tert-OH is 1. The van der Waals surface area contributed by atoms with E-state index in [4.69, 9.17) is 20.8 Å². The lowest BCUT2D eigenvalue weighted by atomic mass is 9.86. The minimum absolute atomic E-state index is 0.307. The molecule has 0 aliphatic carbocycles. The van der Waals surface area contributed by atoms with Crippen molar-refractivity contribution in [2.45, 2.75) is 38.1 Å². The lowest BCUT2D eigenvalue weighted by Gasteiger charge is -2.42. The Hall–Kier alpha value is -2.85. The third kappa shape index (κ3) is 3.85. The van der Waals surface area contributed by atoms with E-state index >= 15 is 0 Å². The highest BCUT2D eigenvalue weighted by molar-refractivity contribution is 6.30. The average Bonchev–Trinajstić information content (AvgIpc) is 3.17. The fraction of sp³-hybridized carbons (Fsp3) is 0.273. The first-order valence-electron chi connectivity index (χ1n) is 9.22. The normalized spacial score (nSPS) is 19.8. The summed E-state index contributed by atoms with van der Waals surface area (Å²) in [5, 5.41) is 24.0. The first-order valence-corrected chi connectivity index (χ1v) is 9.60. The predicted octanol–water partition coefficient (Wildman–Crippen LogP) is 4.23. The lowest BCUT2D eigenvalue weighted by Crippen LogP contribution is -2.52. The molecule has 2 atom stereocenters. The number of halogens is 1. The Kier molecular flexibility index (Phi) is 5.05. The van der Waals surface area contributed by atoms with E-state index in [0.717, 1.165) is 11.1 Å². The summed E-state index contributed by atoms with van der Waals surface area (Å²) < 4.78 is 11.5. The molecule has 1 aliphatic heterocycles. The molecule has 29 heavy (non-hydrogen) atoms. The average molecular weight is 410 g/mol.